The quantitative estimate of drug-likeness (QED) is 0.827. The number of hydrogen-bond acceptors (Lipinski definition) is 4. The van der Waals surface area contributed by atoms with E-state index in [1.165, 1.54) is 0 Å². The van der Waals surface area contributed by atoms with Crippen molar-refractivity contribution in [1.29, 1.82) is 0 Å². The Balaban J connectivity index is 2.37. The van der Waals surface area contributed by atoms with Crippen LogP contribution in [0.25, 0.3) is 0 Å². The molecule has 0 unspecified atom stereocenters. The number of nitrogens with two attached hydrogens (primary N) is 1. The summed E-state index contributed by atoms with van der Waals surface area (Å²) in [7, 11) is 1.63. The number of nitrogens with zero attached hydrogens (tertiary/aromatic N) is 1. The molecule has 1 aromatic heterocycles. The Labute approximate surface area is 128 Å². The molecule has 2 rings (SSSR count). The number of benzene rings is 1. The molecule has 0 aliphatic heterocycles. The molecular formula is C13H13Br2N3O. The van der Waals surface area contributed by atoms with Gasteiger partial charge in [-0.15, -0.1) is 0 Å². The fraction of sp³-hybridized carbons (Fsp3) is 0.154. The molecule has 1 heterocycles. The van der Waals surface area contributed by atoms with Crippen LogP contribution in [-0.4, -0.2) is 12.1 Å². The maximum atomic E-state index is 5.69. The number of hydrogen-bond donors (Lipinski definition) is 2. The minimum Gasteiger partial charge on any atom is -0.495 e. The molecule has 0 aliphatic carbocycles. The number of anilines is 3. The molecule has 19 heavy (non-hydrogen) atoms. The second kappa shape index (κ2) is 5.79. The molecule has 0 radical (unpaired) electrons. The molecule has 0 atom stereocenters. The van der Waals surface area contributed by atoms with Gasteiger partial charge in [0.05, 0.1) is 29.2 Å². The molecule has 6 heteroatoms. The van der Waals surface area contributed by atoms with E-state index in [0.29, 0.717) is 5.69 Å². The fourth-order valence-electron chi connectivity index (χ4n) is 1.64. The van der Waals surface area contributed by atoms with E-state index in [9.17, 15) is 0 Å². The van der Waals surface area contributed by atoms with Crippen molar-refractivity contribution in [3.05, 3.63) is 38.9 Å². The Morgan fingerprint density at radius 3 is 2.58 bits per heavy atom. The number of aryl methyl sites for hydroxylation is 1. The zero-order chi connectivity index (χ0) is 14.0. The van der Waals surface area contributed by atoms with Crippen LogP contribution in [0.3, 0.4) is 0 Å². The van der Waals surface area contributed by atoms with Crippen molar-refractivity contribution in [3.63, 3.8) is 0 Å². The first kappa shape index (κ1) is 14.1. The van der Waals surface area contributed by atoms with E-state index in [-0.39, 0.29) is 0 Å². The van der Waals surface area contributed by atoms with Crippen molar-refractivity contribution in [1.82, 2.24) is 4.98 Å². The molecule has 0 saturated carbocycles. The number of rotatable bonds is 3. The standard InChI is InChI=1S/C13H13Br2N3O/c1-7-3-8(16)6-17-13(7)18-11-5-12(19-2)10(15)4-9(11)14/h3-6H,16H2,1-2H3,(H,17,18). The molecule has 1 aromatic carbocycles. The van der Waals surface area contributed by atoms with Gasteiger partial charge in [-0.2, -0.15) is 0 Å². The van der Waals surface area contributed by atoms with E-state index in [0.717, 1.165) is 31.8 Å². The largest absolute Gasteiger partial charge is 0.495 e. The van der Waals surface area contributed by atoms with Gasteiger partial charge in [0.15, 0.2) is 0 Å². The topological polar surface area (TPSA) is 60.2 Å². The number of halogens is 2. The van der Waals surface area contributed by atoms with Gasteiger partial charge in [0, 0.05) is 10.5 Å². The monoisotopic (exact) mass is 385 g/mol. The van der Waals surface area contributed by atoms with Gasteiger partial charge in [-0.25, -0.2) is 4.98 Å². The summed E-state index contributed by atoms with van der Waals surface area (Å²) < 4.78 is 7.08. The number of nitrogens with one attached hydrogen (secondary N) is 1. The molecule has 0 aliphatic rings. The smallest absolute Gasteiger partial charge is 0.135 e. The molecule has 0 spiro atoms. The Hall–Kier alpha value is -1.27. The first-order chi connectivity index (χ1) is 9.01. The molecule has 2 aromatic rings. The van der Waals surface area contributed by atoms with E-state index in [4.69, 9.17) is 10.5 Å². The highest BCUT2D eigenvalue weighted by atomic mass is 79.9. The zero-order valence-corrected chi connectivity index (χ0v) is 13.7. The van der Waals surface area contributed by atoms with E-state index in [2.05, 4.69) is 42.2 Å². The molecule has 0 amide bonds. The predicted molar refractivity (Wildman–Crippen MR) is 85.1 cm³/mol. The van der Waals surface area contributed by atoms with Gasteiger partial charge >= 0.3 is 0 Å². The summed E-state index contributed by atoms with van der Waals surface area (Å²) in [6.45, 7) is 1.95. The maximum Gasteiger partial charge on any atom is 0.135 e. The normalized spacial score (nSPS) is 10.3. The fourth-order valence-corrected chi connectivity index (χ4v) is 2.89. The van der Waals surface area contributed by atoms with Gasteiger partial charge in [0.1, 0.15) is 11.6 Å². The first-order valence-electron chi connectivity index (χ1n) is 5.53. The molecule has 100 valence electrons. The van der Waals surface area contributed by atoms with Gasteiger partial charge in [-0.3, -0.25) is 0 Å². The van der Waals surface area contributed by atoms with Crippen molar-refractivity contribution < 1.29 is 4.74 Å². The van der Waals surface area contributed by atoms with Crippen LogP contribution in [0, 0.1) is 6.92 Å². The summed E-state index contributed by atoms with van der Waals surface area (Å²) in [5.41, 5.74) is 8.19. The Kier molecular flexibility index (Phi) is 4.31. The molecule has 0 saturated heterocycles. The lowest BCUT2D eigenvalue weighted by molar-refractivity contribution is 0.412. The third kappa shape index (κ3) is 3.19. The predicted octanol–water partition coefficient (Wildman–Crippen LogP) is 4.25. The van der Waals surface area contributed by atoms with Crippen molar-refractivity contribution in [2.45, 2.75) is 6.92 Å². The summed E-state index contributed by atoms with van der Waals surface area (Å²) in [6.07, 6.45) is 1.62. The lowest BCUT2D eigenvalue weighted by atomic mass is 10.2. The highest BCUT2D eigenvalue weighted by Crippen LogP contribution is 2.36. The van der Waals surface area contributed by atoms with E-state index >= 15 is 0 Å². The minimum absolute atomic E-state index is 0.649. The Morgan fingerprint density at radius 1 is 1.21 bits per heavy atom. The van der Waals surface area contributed by atoms with Gasteiger partial charge in [0.2, 0.25) is 0 Å². The second-order valence-electron chi connectivity index (χ2n) is 4.03. The highest BCUT2D eigenvalue weighted by molar-refractivity contribution is 9.11. The molecule has 0 fully saturated rings. The molecule has 3 N–H and O–H groups in total. The summed E-state index contributed by atoms with van der Waals surface area (Å²) in [5, 5.41) is 3.26. The lowest BCUT2D eigenvalue weighted by Gasteiger charge is -2.13. The van der Waals surface area contributed by atoms with Gasteiger partial charge in [0.25, 0.3) is 0 Å². The Bertz CT molecular complexity index is 617. The minimum atomic E-state index is 0.649. The maximum absolute atomic E-state index is 5.69. The number of aromatic nitrogens is 1. The third-order valence-electron chi connectivity index (χ3n) is 2.59. The molecule has 4 nitrogen and oxygen atoms in total. The van der Waals surface area contributed by atoms with Crippen molar-refractivity contribution >= 4 is 49.1 Å². The van der Waals surface area contributed by atoms with Crippen molar-refractivity contribution in [2.24, 2.45) is 0 Å². The molecular weight excluding hydrogens is 374 g/mol. The Morgan fingerprint density at radius 2 is 1.95 bits per heavy atom. The lowest BCUT2D eigenvalue weighted by Crippen LogP contribution is -1.99. The first-order valence-corrected chi connectivity index (χ1v) is 7.12. The van der Waals surface area contributed by atoms with Crippen LogP contribution in [0.5, 0.6) is 5.75 Å². The van der Waals surface area contributed by atoms with Crippen LogP contribution in [0.15, 0.2) is 33.3 Å². The van der Waals surface area contributed by atoms with E-state index in [1.807, 2.05) is 25.1 Å². The van der Waals surface area contributed by atoms with Gasteiger partial charge in [-0.05, 0) is 56.5 Å². The summed E-state index contributed by atoms with van der Waals surface area (Å²) in [6, 6.07) is 5.69. The average molecular weight is 387 g/mol. The zero-order valence-electron chi connectivity index (χ0n) is 10.5. The summed E-state index contributed by atoms with van der Waals surface area (Å²) in [4.78, 5) is 4.28. The average Bonchev–Trinajstić information content (AvgIpc) is 2.35. The number of nitrogen functional groups attached to an aromatic ring is 1. The van der Waals surface area contributed by atoms with Crippen molar-refractivity contribution in [2.75, 3.05) is 18.2 Å². The third-order valence-corrected chi connectivity index (χ3v) is 3.87. The van der Waals surface area contributed by atoms with Crippen LogP contribution in [-0.2, 0) is 0 Å². The summed E-state index contributed by atoms with van der Waals surface area (Å²) >= 11 is 6.94. The van der Waals surface area contributed by atoms with Crippen LogP contribution in [0.2, 0.25) is 0 Å². The van der Waals surface area contributed by atoms with Crippen LogP contribution in [0.1, 0.15) is 5.56 Å². The van der Waals surface area contributed by atoms with Gasteiger partial charge < -0.3 is 15.8 Å². The van der Waals surface area contributed by atoms with Gasteiger partial charge in [-0.1, -0.05) is 0 Å². The highest BCUT2D eigenvalue weighted by Gasteiger charge is 2.09. The van der Waals surface area contributed by atoms with E-state index in [1.54, 1.807) is 13.3 Å². The number of pyridine rings is 1. The molecule has 0 bridgehead atoms. The van der Waals surface area contributed by atoms with E-state index < -0.39 is 0 Å². The van der Waals surface area contributed by atoms with Crippen LogP contribution in [0.4, 0.5) is 17.2 Å². The van der Waals surface area contributed by atoms with Crippen molar-refractivity contribution in [3.8, 4) is 5.75 Å². The summed E-state index contributed by atoms with van der Waals surface area (Å²) in [5.74, 6) is 1.51. The number of methoxy groups -OCH3 is 1. The SMILES string of the molecule is COc1cc(Nc2ncc(N)cc2C)c(Br)cc1Br. The number of ether oxygens (including phenoxy) is 1. The second-order valence-corrected chi connectivity index (χ2v) is 5.73. The van der Waals surface area contributed by atoms with Crippen LogP contribution < -0.4 is 15.8 Å². The van der Waals surface area contributed by atoms with Crippen LogP contribution >= 0.6 is 31.9 Å².